The van der Waals surface area contributed by atoms with E-state index in [1.54, 1.807) is 26.0 Å². The maximum absolute atomic E-state index is 11.6. The van der Waals surface area contributed by atoms with Crippen LogP contribution in [0.15, 0.2) is 18.2 Å². The molecule has 5 nitrogen and oxygen atoms in total. The van der Waals surface area contributed by atoms with Crippen LogP contribution in [0.3, 0.4) is 0 Å². The van der Waals surface area contributed by atoms with Gasteiger partial charge in [0, 0.05) is 5.56 Å². The predicted octanol–water partition coefficient (Wildman–Crippen LogP) is 1.78. The topological polar surface area (TPSA) is 79.8 Å². The standard InChI is InChI=1S/C13H14N2O3/c1-4-18-13(17)12(15-14)11-7-10(9(3)16)6-5-8(11)2/h5-7H,4H2,1-3H3. The lowest BCUT2D eigenvalue weighted by Gasteiger charge is -2.03. The van der Waals surface area contributed by atoms with Crippen LogP contribution in [0.4, 0.5) is 0 Å². The SMILES string of the molecule is CCOC(=O)C(=[N+]=[N-])c1cc(C(C)=O)ccc1C. The van der Waals surface area contributed by atoms with Gasteiger partial charge in [-0.2, -0.15) is 4.79 Å². The lowest BCUT2D eigenvalue weighted by atomic mass is 9.99. The van der Waals surface area contributed by atoms with Crippen molar-refractivity contribution in [1.29, 1.82) is 0 Å². The molecule has 1 aromatic rings. The Hall–Kier alpha value is -2.26. The molecule has 0 aromatic heterocycles. The van der Waals surface area contributed by atoms with Gasteiger partial charge in [0.25, 0.3) is 0 Å². The first-order valence-electron chi connectivity index (χ1n) is 5.52. The van der Waals surface area contributed by atoms with Crippen LogP contribution >= 0.6 is 0 Å². The van der Waals surface area contributed by atoms with Gasteiger partial charge >= 0.3 is 11.7 Å². The third-order valence-corrected chi connectivity index (χ3v) is 2.47. The quantitative estimate of drug-likeness (QED) is 0.267. The summed E-state index contributed by atoms with van der Waals surface area (Å²) in [5, 5.41) is 0. The zero-order valence-corrected chi connectivity index (χ0v) is 10.6. The van der Waals surface area contributed by atoms with E-state index in [1.165, 1.54) is 13.0 Å². The first-order valence-corrected chi connectivity index (χ1v) is 5.52. The molecular formula is C13H14N2O3. The van der Waals surface area contributed by atoms with Crippen molar-refractivity contribution in [2.75, 3.05) is 6.61 Å². The maximum Gasteiger partial charge on any atom is 0.422 e. The third kappa shape index (κ3) is 2.90. The first kappa shape index (κ1) is 13.8. The van der Waals surface area contributed by atoms with Gasteiger partial charge in [-0.3, -0.25) is 4.79 Å². The van der Waals surface area contributed by atoms with Crippen molar-refractivity contribution < 1.29 is 19.1 Å². The maximum atomic E-state index is 11.6. The van der Waals surface area contributed by atoms with Gasteiger partial charge < -0.3 is 10.3 Å². The predicted molar refractivity (Wildman–Crippen MR) is 65.5 cm³/mol. The molecule has 0 aliphatic heterocycles. The molecule has 0 N–H and O–H groups in total. The molecule has 0 saturated heterocycles. The smallest absolute Gasteiger partial charge is 0.422 e. The average Bonchev–Trinajstić information content (AvgIpc) is 2.32. The Bertz CT molecular complexity index is 543. The third-order valence-electron chi connectivity index (χ3n) is 2.47. The fraction of sp³-hybridized carbons (Fsp3) is 0.308. The van der Waals surface area contributed by atoms with Gasteiger partial charge in [0.05, 0.1) is 12.2 Å². The fourth-order valence-corrected chi connectivity index (χ4v) is 1.50. The molecule has 0 heterocycles. The highest BCUT2D eigenvalue weighted by atomic mass is 16.5. The minimum atomic E-state index is -0.719. The zero-order valence-electron chi connectivity index (χ0n) is 10.6. The molecule has 1 rings (SSSR count). The van der Waals surface area contributed by atoms with Crippen molar-refractivity contribution in [2.45, 2.75) is 20.8 Å². The molecule has 0 radical (unpaired) electrons. The molecule has 5 heteroatoms. The van der Waals surface area contributed by atoms with E-state index < -0.39 is 5.97 Å². The Kier molecular flexibility index (Phi) is 4.52. The summed E-state index contributed by atoms with van der Waals surface area (Å²) in [5.74, 6) is -0.846. The van der Waals surface area contributed by atoms with E-state index in [-0.39, 0.29) is 18.1 Å². The van der Waals surface area contributed by atoms with Crippen LogP contribution in [0.2, 0.25) is 0 Å². The van der Waals surface area contributed by atoms with E-state index in [2.05, 4.69) is 4.79 Å². The van der Waals surface area contributed by atoms with E-state index in [9.17, 15) is 9.59 Å². The average molecular weight is 246 g/mol. The Morgan fingerprint density at radius 2 is 2.06 bits per heavy atom. The zero-order chi connectivity index (χ0) is 13.7. The highest BCUT2D eigenvalue weighted by molar-refractivity contribution is 6.41. The number of ketones is 1. The van der Waals surface area contributed by atoms with Gasteiger partial charge in [0.1, 0.15) is 0 Å². The second-order valence-electron chi connectivity index (χ2n) is 3.75. The van der Waals surface area contributed by atoms with Crippen molar-refractivity contribution in [3.05, 3.63) is 40.4 Å². The fourth-order valence-electron chi connectivity index (χ4n) is 1.50. The van der Waals surface area contributed by atoms with Crippen molar-refractivity contribution in [2.24, 2.45) is 0 Å². The monoisotopic (exact) mass is 246 g/mol. The highest BCUT2D eigenvalue weighted by Gasteiger charge is 2.26. The number of carbonyl (C=O) groups is 2. The second-order valence-corrected chi connectivity index (χ2v) is 3.75. The summed E-state index contributed by atoms with van der Waals surface area (Å²) in [4.78, 5) is 25.9. The second kappa shape index (κ2) is 5.89. The van der Waals surface area contributed by atoms with Crippen LogP contribution in [-0.2, 0) is 9.53 Å². The van der Waals surface area contributed by atoms with E-state index in [0.29, 0.717) is 11.1 Å². The van der Waals surface area contributed by atoms with E-state index in [1.807, 2.05) is 0 Å². The number of hydrogen-bond acceptors (Lipinski definition) is 3. The molecule has 0 fully saturated rings. The van der Waals surface area contributed by atoms with Crippen LogP contribution in [0.5, 0.6) is 0 Å². The van der Waals surface area contributed by atoms with E-state index in [0.717, 1.165) is 5.56 Å². The number of benzene rings is 1. The molecule has 0 saturated carbocycles. The summed E-state index contributed by atoms with van der Waals surface area (Å²) in [5.41, 5.74) is 10.3. The molecule has 1 aromatic carbocycles. The number of rotatable bonds is 4. The van der Waals surface area contributed by atoms with Gasteiger partial charge in [0.15, 0.2) is 5.78 Å². The molecule has 0 amide bonds. The number of aryl methyl sites for hydroxylation is 1. The summed E-state index contributed by atoms with van der Waals surface area (Å²) < 4.78 is 4.79. The number of hydrogen-bond donors (Lipinski definition) is 0. The number of Topliss-reactive ketones (excluding diaryl/α,β-unsaturated/α-hetero) is 1. The van der Waals surface area contributed by atoms with Gasteiger partial charge in [-0.15, -0.1) is 0 Å². The van der Waals surface area contributed by atoms with Crippen molar-refractivity contribution >= 4 is 17.5 Å². The number of carbonyl (C=O) groups excluding carboxylic acids is 2. The Morgan fingerprint density at radius 3 is 2.56 bits per heavy atom. The van der Waals surface area contributed by atoms with Crippen molar-refractivity contribution in [3.63, 3.8) is 0 Å². The summed E-state index contributed by atoms with van der Waals surface area (Å²) in [6.45, 7) is 5.02. The number of ether oxygens (including phenoxy) is 1. The van der Waals surface area contributed by atoms with Crippen molar-refractivity contribution in [1.82, 2.24) is 0 Å². The summed E-state index contributed by atoms with van der Waals surface area (Å²) in [7, 11) is 0. The minimum Gasteiger partial charge on any atom is -0.457 e. The molecule has 0 aliphatic carbocycles. The normalized spacial score (nSPS) is 9.50. The molecule has 0 bridgehead atoms. The first-order chi connectivity index (χ1) is 8.51. The van der Waals surface area contributed by atoms with Crippen molar-refractivity contribution in [3.8, 4) is 0 Å². The lowest BCUT2D eigenvalue weighted by Crippen LogP contribution is -2.21. The van der Waals surface area contributed by atoms with Gasteiger partial charge in [-0.25, -0.2) is 4.79 Å². The van der Waals surface area contributed by atoms with Crippen LogP contribution in [0.25, 0.3) is 5.53 Å². The largest absolute Gasteiger partial charge is 0.457 e. The highest BCUT2D eigenvalue weighted by Crippen LogP contribution is 2.13. The molecule has 0 aliphatic rings. The van der Waals surface area contributed by atoms with E-state index in [4.69, 9.17) is 10.3 Å². The van der Waals surface area contributed by atoms with Gasteiger partial charge in [-0.05, 0) is 32.4 Å². The van der Waals surface area contributed by atoms with Crippen LogP contribution in [-0.4, -0.2) is 28.9 Å². The Labute approximate surface area is 105 Å². The lowest BCUT2D eigenvalue weighted by molar-refractivity contribution is -0.139. The summed E-state index contributed by atoms with van der Waals surface area (Å²) in [6, 6.07) is 4.86. The molecule has 0 unspecified atom stereocenters. The molecule has 18 heavy (non-hydrogen) atoms. The number of nitrogens with zero attached hydrogens (tertiary/aromatic N) is 2. The molecule has 0 spiro atoms. The van der Waals surface area contributed by atoms with Crippen LogP contribution in [0.1, 0.15) is 35.3 Å². The molecule has 94 valence electrons. The minimum absolute atomic E-state index is 0.127. The number of esters is 1. The van der Waals surface area contributed by atoms with Crippen LogP contribution < -0.4 is 0 Å². The van der Waals surface area contributed by atoms with Crippen LogP contribution in [0, 0.1) is 6.92 Å². The summed E-state index contributed by atoms with van der Waals surface area (Å²) in [6.07, 6.45) is 0. The van der Waals surface area contributed by atoms with E-state index >= 15 is 0 Å². The molecule has 0 atom stereocenters. The Morgan fingerprint density at radius 1 is 1.39 bits per heavy atom. The molecular weight excluding hydrogens is 232 g/mol. The van der Waals surface area contributed by atoms with Gasteiger partial charge in [0.2, 0.25) is 0 Å². The summed E-state index contributed by atoms with van der Waals surface area (Å²) >= 11 is 0. The van der Waals surface area contributed by atoms with Gasteiger partial charge in [-0.1, -0.05) is 12.1 Å². The Balaban J connectivity index is 3.30.